The number of nitrogens with zero attached hydrogens (tertiary/aromatic N) is 2. The Hall–Kier alpha value is -4.63. The minimum Gasteiger partial charge on any atom is -0.497 e. The van der Waals surface area contributed by atoms with Crippen molar-refractivity contribution in [2.45, 2.75) is 75.9 Å². The number of aryl methyl sites for hydroxylation is 2. The lowest BCUT2D eigenvalue weighted by atomic mass is 9.94. The molecule has 1 saturated carbocycles. The van der Waals surface area contributed by atoms with Gasteiger partial charge in [-0.2, -0.15) is 0 Å². The Morgan fingerprint density at radius 3 is 2.19 bits per heavy atom. The van der Waals surface area contributed by atoms with E-state index >= 15 is 0 Å². The second-order valence-electron chi connectivity index (χ2n) is 12.6. The van der Waals surface area contributed by atoms with Crippen LogP contribution in [0.1, 0.15) is 54.4 Å². The van der Waals surface area contributed by atoms with Crippen molar-refractivity contribution in [3.05, 3.63) is 125 Å². The molecule has 0 bridgehead atoms. The van der Waals surface area contributed by atoms with Crippen molar-refractivity contribution in [2.24, 2.45) is 0 Å². The van der Waals surface area contributed by atoms with E-state index in [1.54, 1.807) is 49.6 Å². The molecular weight excluding hydrogens is 623 g/mol. The SMILES string of the molecule is COc1cccc(CN(C(=O)CN(c2cccc(C)c2)S(=O)(=O)c2ccc(C)cc2)C(Cc2ccccc2)C(=O)NC2CCCCC2)c1. The molecule has 1 fully saturated rings. The van der Waals surface area contributed by atoms with Crippen LogP contribution < -0.4 is 14.4 Å². The summed E-state index contributed by atoms with van der Waals surface area (Å²) in [5, 5.41) is 3.25. The molecule has 0 spiro atoms. The van der Waals surface area contributed by atoms with E-state index in [1.807, 2.05) is 74.5 Å². The second-order valence-corrected chi connectivity index (χ2v) is 14.4. The van der Waals surface area contributed by atoms with Crippen LogP contribution in [0.15, 0.2) is 108 Å². The minimum atomic E-state index is -4.16. The average molecular weight is 668 g/mol. The van der Waals surface area contributed by atoms with Gasteiger partial charge in [-0.3, -0.25) is 13.9 Å². The van der Waals surface area contributed by atoms with Crippen LogP contribution in [-0.2, 0) is 32.6 Å². The molecule has 1 unspecified atom stereocenters. The van der Waals surface area contributed by atoms with Crippen LogP contribution in [0.4, 0.5) is 5.69 Å². The molecule has 5 rings (SSSR count). The fraction of sp³-hybridized carbons (Fsp3) is 0.333. The van der Waals surface area contributed by atoms with Gasteiger partial charge in [-0.1, -0.05) is 91.6 Å². The first-order valence-electron chi connectivity index (χ1n) is 16.6. The number of anilines is 1. The van der Waals surface area contributed by atoms with Gasteiger partial charge in [0.05, 0.1) is 17.7 Å². The van der Waals surface area contributed by atoms with Crippen molar-refractivity contribution in [3.63, 3.8) is 0 Å². The maximum absolute atomic E-state index is 14.7. The van der Waals surface area contributed by atoms with Gasteiger partial charge in [-0.05, 0) is 79.8 Å². The normalized spacial score (nSPS) is 14.1. The number of hydrogen-bond acceptors (Lipinski definition) is 5. The molecule has 0 heterocycles. The summed E-state index contributed by atoms with van der Waals surface area (Å²) in [6.07, 6.45) is 5.29. The molecule has 48 heavy (non-hydrogen) atoms. The summed E-state index contributed by atoms with van der Waals surface area (Å²) in [6.45, 7) is 3.35. The van der Waals surface area contributed by atoms with Gasteiger partial charge in [0.2, 0.25) is 11.8 Å². The standard InChI is InChI=1S/C39H45N3O5S/c1-29-20-22-36(23-21-29)48(45,46)42(34-18-10-12-30(2)24-34)28-38(43)41(27-32-15-11-19-35(25-32)47-3)37(26-31-13-6-4-7-14-31)39(44)40-33-16-8-5-9-17-33/h4,6-7,10-15,18-25,33,37H,5,8-9,16-17,26-28H2,1-3H3,(H,40,44). The maximum atomic E-state index is 14.7. The average Bonchev–Trinajstić information content (AvgIpc) is 3.09. The van der Waals surface area contributed by atoms with E-state index in [0.29, 0.717) is 11.4 Å². The Bertz CT molecular complexity index is 1790. The molecule has 4 aromatic rings. The van der Waals surface area contributed by atoms with E-state index in [2.05, 4.69) is 5.32 Å². The lowest BCUT2D eigenvalue weighted by molar-refractivity contribution is -0.140. The van der Waals surface area contributed by atoms with E-state index < -0.39 is 28.5 Å². The highest BCUT2D eigenvalue weighted by Crippen LogP contribution is 2.27. The highest BCUT2D eigenvalue weighted by Gasteiger charge is 2.35. The zero-order chi connectivity index (χ0) is 34.1. The van der Waals surface area contributed by atoms with Gasteiger partial charge in [-0.25, -0.2) is 8.42 Å². The van der Waals surface area contributed by atoms with Gasteiger partial charge >= 0.3 is 0 Å². The summed E-state index contributed by atoms with van der Waals surface area (Å²) in [6, 6.07) is 29.8. The highest BCUT2D eigenvalue weighted by molar-refractivity contribution is 7.92. The first-order valence-corrected chi connectivity index (χ1v) is 18.0. The number of carbonyl (C=O) groups excluding carboxylic acids is 2. The smallest absolute Gasteiger partial charge is 0.264 e. The van der Waals surface area contributed by atoms with Crippen molar-refractivity contribution in [1.82, 2.24) is 10.2 Å². The minimum absolute atomic E-state index is 0.0315. The van der Waals surface area contributed by atoms with Crippen LogP contribution in [0.3, 0.4) is 0 Å². The predicted molar refractivity (Wildman–Crippen MR) is 189 cm³/mol. The Kier molecular flexibility index (Phi) is 11.5. The molecule has 1 aliphatic carbocycles. The summed E-state index contributed by atoms with van der Waals surface area (Å²) >= 11 is 0. The molecule has 1 N–H and O–H groups in total. The second kappa shape index (κ2) is 16.0. The number of hydrogen-bond donors (Lipinski definition) is 1. The quantitative estimate of drug-likeness (QED) is 0.174. The number of benzene rings is 4. The summed E-state index contributed by atoms with van der Waals surface area (Å²) in [4.78, 5) is 30.6. The number of nitrogens with one attached hydrogen (secondary N) is 1. The number of carbonyl (C=O) groups is 2. The third-order valence-electron chi connectivity index (χ3n) is 8.89. The van der Waals surface area contributed by atoms with E-state index in [1.165, 1.54) is 4.90 Å². The van der Waals surface area contributed by atoms with Crippen molar-refractivity contribution in [1.29, 1.82) is 0 Å². The van der Waals surface area contributed by atoms with Crippen LogP contribution in [0, 0.1) is 13.8 Å². The molecule has 2 amide bonds. The van der Waals surface area contributed by atoms with E-state index in [0.717, 1.165) is 58.7 Å². The number of ether oxygens (including phenoxy) is 1. The molecule has 0 radical (unpaired) electrons. The summed E-state index contributed by atoms with van der Waals surface area (Å²) < 4.78 is 35.2. The van der Waals surface area contributed by atoms with Crippen molar-refractivity contribution >= 4 is 27.5 Å². The van der Waals surface area contributed by atoms with Gasteiger partial charge < -0.3 is 15.0 Å². The molecular formula is C39H45N3O5S. The fourth-order valence-corrected chi connectivity index (χ4v) is 7.62. The Morgan fingerprint density at radius 2 is 1.50 bits per heavy atom. The van der Waals surface area contributed by atoms with Crippen LogP contribution in [0.25, 0.3) is 0 Å². The number of methoxy groups -OCH3 is 1. The maximum Gasteiger partial charge on any atom is 0.264 e. The zero-order valence-corrected chi connectivity index (χ0v) is 28.8. The van der Waals surface area contributed by atoms with Crippen LogP contribution >= 0.6 is 0 Å². The van der Waals surface area contributed by atoms with Gasteiger partial charge in [0.15, 0.2) is 0 Å². The molecule has 252 valence electrons. The summed E-state index contributed by atoms with van der Waals surface area (Å²) in [7, 11) is -2.59. The monoisotopic (exact) mass is 667 g/mol. The van der Waals surface area contributed by atoms with Crippen molar-refractivity contribution < 1.29 is 22.7 Å². The first kappa shape index (κ1) is 34.7. The van der Waals surface area contributed by atoms with E-state index in [4.69, 9.17) is 4.74 Å². The molecule has 0 aliphatic heterocycles. The third kappa shape index (κ3) is 8.83. The van der Waals surface area contributed by atoms with Gasteiger partial charge in [0.25, 0.3) is 10.0 Å². The lowest BCUT2D eigenvalue weighted by Crippen LogP contribution is -2.55. The number of sulfonamides is 1. The molecule has 1 atom stereocenters. The van der Waals surface area contributed by atoms with Crippen LogP contribution in [-0.4, -0.2) is 50.9 Å². The van der Waals surface area contributed by atoms with Crippen molar-refractivity contribution in [2.75, 3.05) is 18.0 Å². The van der Waals surface area contributed by atoms with Crippen LogP contribution in [0.5, 0.6) is 5.75 Å². The van der Waals surface area contributed by atoms with Gasteiger partial charge in [0, 0.05) is 19.0 Å². The molecule has 0 saturated heterocycles. The predicted octanol–water partition coefficient (Wildman–Crippen LogP) is 6.60. The Labute approximate surface area is 284 Å². The lowest BCUT2D eigenvalue weighted by Gasteiger charge is -2.35. The van der Waals surface area contributed by atoms with Crippen molar-refractivity contribution in [3.8, 4) is 5.75 Å². The topological polar surface area (TPSA) is 96.0 Å². The summed E-state index contributed by atoms with van der Waals surface area (Å²) in [5.74, 6) is -0.116. The Morgan fingerprint density at radius 1 is 0.812 bits per heavy atom. The largest absolute Gasteiger partial charge is 0.497 e. The fourth-order valence-electron chi connectivity index (χ4n) is 6.22. The third-order valence-corrected chi connectivity index (χ3v) is 10.7. The van der Waals surface area contributed by atoms with Crippen LogP contribution in [0.2, 0.25) is 0 Å². The molecule has 1 aliphatic rings. The zero-order valence-electron chi connectivity index (χ0n) is 28.0. The molecule has 8 nitrogen and oxygen atoms in total. The molecule has 9 heteroatoms. The Balaban J connectivity index is 1.57. The highest BCUT2D eigenvalue weighted by atomic mass is 32.2. The summed E-state index contributed by atoms with van der Waals surface area (Å²) in [5.41, 5.74) is 3.80. The van der Waals surface area contributed by atoms with E-state index in [-0.39, 0.29) is 29.8 Å². The van der Waals surface area contributed by atoms with Gasteiger partial charge in [-0.15, -0.1) is 0 Å². The molecule has 4 aromatic carbocycles. The first-order chi connectivity index (χ1) is 23.1. The van der Waals surface area contributed by atoms with Gasteiger partial charge in [0.1, 0.15) is 18.3 Å². The van der Waals surface area contributed by atoms with E-state index in [9.17, 15) is 18.0 Å². The number of rotatable bonds is 13. The number of amides is 2. The molecule has 0 aromatic heterocycles.